The molecule has 3 aliphatic rings. The van der Waals surface area contributed by atoms with Crippen LogP contribution >= 0.6 is 0 Å². The van der Waals surface area contributed by atoms with Crippen molar-refractivity contribution in [2.24, 2.45) is 0 Å². The molecule has 3 aliphatic carbocycles. The third-order valence-electron chi connectivity index (χ3n) is 12.9. The van der Waals surface area contributed by atoms with E-state index in [4.69, 9.17) is 4.42 Å². The zero-order valence-corrected chi connectivity index (χ0v) is 31.3. The highest BCUT2D eigenvalue weighted by Crippen LogP contribution is 2.60. The smallest absolute Gasteiger partial charge is 0.137 e. The molecule has 0 unspecified atom stereocenters. The summed E-state index contributed by atoms with van der Waals surface area (Å²) in [6.45, 7) is 4.72. The van der Waals surface area contributed by atoms with Crippen LogP contribution in [0.4, 0.5) is 17.1 Å². The SMILES string of the molecule is CC1(C)c2ccccc2-c2ccc(N(c3ccc4c(c3)C3(c5ccccc5C=Cc5ccccc53)c3ccccc3-4)c3ccc4c(c3)oc3ccccc34)cc21. The fourth-order valence-electron chi connectivity index (χ4n) is 10.4. The highest BCUT2D eigenvalue weighted by molar-refractivity contribution is 6.06. The Morgan fingerprint density at radius 1 is 0.375 bits per heavy atom. The van der Waals surface area contributed by atoms with Gasteiger partial charge >= 0.3 is 0 Å². The van der Waals surface area contributed by atoms with Crippen molar-refractivity contribution in [1.29, 1.82) is 0 Å². The van der Waals surface area contributed by atoms with Gasteiger partial charge in [0.15, 0.2) is 0 Å². The highest BCUT2D eigenvalue weighted by atomic mass is 16.3. The minimum atomic E-state index is -0.519. The molecule has 0 atom stereocenters. The number of hydrogen-bond donors (Lipinski definition) is 0. The van der Waals surface area contributed by atoms with Crippen LogP contribution in [-0.4, -0.2) is 0 Å². The molecule has 0 fully saturated rings. The van der Waals surface area contributed by atoms with Gasteiger partial charge in [-0.25, -0.2) is 0 Å². The first-order chi connectivity index (χ1) is 27.5. The third kappa shape index (κ3) is 4.11. The monoisotopic (exact) mass is 715 g/mol. The summed E-state index contributed by atoms with van der Waals surface area (Å²) in [4.78, 5) is 2.44. The lowest BCUT2D eigenvalue weighted by atomic mass is 9.66. The molecule has 8 aromatic carbocycles. The first-order valence-electron chi connectivity index (χ1n) is 19.6. The molecule has 2 nitrogen and oxygen atoms in total. The van der Waals surface area contributed by atoms with Crippen molar-refractivity contribution in [3.05, 3.63) is 220 Å². The second-order valence-corrected chi connectivity index (χ2v) is 16.0. The summed E-state index contributed by atoms with van der Waals surface area (Å²) in [5, 5.41) is 2.26. The van der Waals surface area contributed by atoms with Crippen molar-refractivity contribution in [2.75, 3.05) is 4.90 Å². The third-order valence-corrected chi connectivity index (χ3v) is 12.9. The summed E-state index contributed by atoms with van der Waals surface area (Å²) < 4.78 is 6.53. The minimum absolute atomic E-state index is 0.138. The number of para-hydroxylation sites is 1. The van der Waals surface area contributed by atoms with Crippen LogP contribution in [0.2, 0.25) is 0 Å². The molecule has 0 saturated heterocycles. The lowest BCUT2D eigenvalue weighted by molar-refractivity contribution is 0.660. The first-order valence-corrected chi connectivity index (χ1v) is 19.6. The average molecular weight is 716 g/mol. The summed E-state index contributed by atoms with van der Waals surface area (Å²) in [6, 6.07) is 65.1. The van der Waals surface area contributed by atoms with Gasteiger partial charge in [-0.2, -0.15) is 0 Å². The molecule has 0 amide bonds. The number of rotatable bonds is 3. The lowest BCUT2D eigenvalue weighted by Gasteiger charge is -2.36. The van der Waals surface area contributed by atoms with Crippen molar-refractivity contribution < 1.29 is 4.42 Å². The van der Waals surface area contributed by atoms with E-state index in [0.717, 1.165) is 39.0 Å². The molecule has 0 radical (unpaired) electrons. The van der Waals surface area contributed by atoms with Crippen molar-refractivity contribution in [1.82, 2.24) is 0 Å². The van der Waals surface area contributed by atoms with E-state index in [1.165, 1.54) is 66.8 Å². The van der Waals surface area contributed by atoms with E-state index in [-0.39, 0.29) is 5.41 Å². The van der Waals surface area contributed by atoms with Crippen LogP contribution in [0.3, 0.4) is 0 Å². The number of nitrogens with zero attached hydrogens (tertiary/aromatic N) is 1. The van der Waals surface area contributed by atoms with Gasteiger partial charge < -0.3 is 9.32 Å². The van der Waals surface area contributed by atoms with Crippen LogP contribution in [-0.2, 0) is 10.8 Å². The summed E-state index contributed by atoms with van der Waals surface area (Å²) in [7, 11) is 0. The molecule has 56 heavy (non-hydrogen) atoms. The highest BCUT2D eigenvalue weighted by Gasteiger charge is 2.48. The van der Waals surface area contributed by atoms with E-state index < -0.39 is 5.41 Å². The first kappa shape index (κ1) is 31.5. The Labute approximate surface area is 326 Å². The van der Waals surface area contributed by atoms with E-state index in [1.807, 2.05) is 6.07 Å². The predicted octanol–water partition coefficient (Wildman–Crippen LogP) is 14.2. The Hall–Kier alpha value is -6.90. The van der Waals surface area contributed by atoms with Gasteiger partial charge in [0.25, 0.3) is 0 Å². The van der Waals surface area contributed by atoms with E-state index in [1.54, 1.807) is 0 Å². The molecular formula is C54H37NO. The van der Waals surface area contributed by atoms with E-state index in [0.29, 0.717) is 0 Å². The maximum absolute atomic E-state index is 6.53. The summed E-state index contributed by atoms with van der Waals surface area (Å²) in [5.41, 5.74) is 20.0. The van der Waals surface area contributed by atoms with Gasteiger partial charge in [0.1, 0.15) is 11.2 Å². The van der Waals surface area contributed by atoms with E-state index >= 15 is 0 Å². The number of hydrogen-bond acceptors (Lipinski definition) is 2. The number of furan rings is 1. The van der Waals surface area contributed by atoms with Crippen molar-refractivity contribution in [3.63, 3.8) is 0 Å². The molecule has 0 aliphatic heterocycles. The molecular weight excluding hydrogens is 679 g/mol. The summed E-state index contributed by atoms with van der Waals surface area (Å²) in [6.07, 6.45) is 4.60. The second-order valence-electron chi connectivity index (χ2n) is 16.0. The maximum atomic E-state index is 6.53. The van der Waals surface area contributed by atoms with Crippen LogP contribution in [0, 0.1) is 0 Å². The Morgan fingerprint density at radius 3 is 1.57 bits per heavy atom. The van der Waals surface area contributed by atoms with E-state index in [9.17, 15) is 0 Å². The quantitative estimate of drug-likeness (QED) is 0.181. The van der Waals surface area contributed by atoms with Gasteiger partial charge in [-0.15, -0.1) is 0 Å². The Balaban J connectivity index is 1.14. The molecule has 0 N–H and O–H groups in total. The normalized spacial score (nSPS) is 14.8. The summed E-state index contributed by atoms with van der Waals surface area (Å²) in [5.74, 6) is 0. The van der Waals surface area contributed by atoms with Crippen LogP contribution in [0.15, 0.2) is 180 Å². The zero-order chi connectivity index (χ0) is 37.2. The molecule has 0 bridgehead atoms. The molecule has 0 saturated carbocycles. The molecule has 12 rings (SSSR count). The standard InChI is InChI=1S/C54H37NO/c1-53(2)47-20-10-5-15-39(47)41-28-25-36(31-49(41)53)55(38-27-30-44-43-17-7-12-22-51(43)56-52(44)33-38)37-26-29-42-40-16-6-11-21-48(40)54(50(42)32-37)45-18-8-3-13-34(45)23-24-35-14-4-9-19-46(35)54/h3-33H,1-2H3. The molecule has 1 aromatic heterocycles. The van der Waals surface area contributed by atoms with Gasteiger partial charge in [-0.1, -0.05) is 153 Å². The van der Waals surface area contributed by atoms with Gasteiger partial charge in [0.2, 0.25) is 0 Å². The lowest BCUT2D eigenvalue weighted by Crippen LogP contribution is -2.30. The van der Waals surface area contributed by atoms with Crippen LogP contribution in [0.5, 0.6) is 0 Å². The number of anilines is 3. The summed E-state index contributed by atoms with van der Waals surface area (Å²) >= 11 is 0. The molecule has 1 heterocycles. The fourth-order valence-corrected chi connectivity index (χ4v) is 10.4. The molecule has 1 spiro atoms. The van der Waals surface area contributed by atoms with Crippen molar-refractivity contribution in [2.45, 2.75) is 24.7 Å². The second kappa shape index (κ2) is 11.3. The van der Waals surface area contributed by atoms with Gasteiger partial charge in [-0.05, 0) is 109 Å². The topological polar surface area (TPSA) is 16.4 Å². The van der Waals surface area contributed by atoms with Crippen LogP contribution in [0.25, 0.3) is 56.3 Å². The van der Waals surface area contributed by atoms with Gasteiger partial charge in [0, 0.05) is 39.3 Å². The van der Waals surface area contributed by atoms with Crippen LogP contribution < -0.4 is 4.90 Å². The average Bonchev–Trinajstić information content (AvgIpc) is 3.79. The van der Waals surface area contributed by atoms with E-state index in [2.05, 4.69) is 201 Å². The number of benzene rings is 8. The Morgan fingerprint density at radius 2 is 0.857 bits per heavy atom. The largest absolute Gasteiger partial charge is 0.456 e. The van der Waals surface area contributed by atoms with Crippen LogP contribution in [0.1, 0.15) is 58.4 Å². The van der Waals surface area contributed by atoms with Crippen molar-refractivity contribution >= 4 is 51.2 Å². The van der Waals surface area contributed by atoms with Crippen molar-refractivity contribution in [3.8, 4) is 22.3 Å². The molecule has 2 heteroatoms. The van der Waals surface area contributed by atoms with Gasteiger partial charge in [0.05, 0.1) is 5.41 Å². The molecule has 9 aromatic rings. The zero-order valence-electron chi connectivity index (χ0n) is 31.3. The fraction of sp³-hybridized carbons (Fsp3) is 0.0741. The predicted molar refractivity (Wildman–Crippen MR) is 232 cm³/mol. The Kier molecular flexibility index (Phi) is 6.36. The molecule has 264 valence electrons. The minimum Gasteiger partial charge on any atom is -0.456 e. The maximum Gasteiger partial charge on any atom is 0.137 e. The number of fused-ring (bicyclic) bond motifs is 15. The van der Waals surface area contributed by atoms with Gasteiger partial charge in [-0.3, -0.25) is 0 Å². The Bertz CT molecular complexity index is 3090.